The molecule has 0 saturated carbocycles. The van der Waals surface area contributed by atoms with Gasteiger partial charge in [-0.3, -0.25) is 9.48 Å². The molecular formula is C18H19N3O. The highest BCUT2D eigenvalue weighted by Gasteiger charge is 2.07. The first-order valence-electron chi connectivity index (χ1n) is 7.46. The molecule has 22 heavy (non-hydrogen) atoms. The molecule has 0 atom stereocenters. The van der Waals surface area contributed by atoms with Crippen molar-refractivity contribution in [3.63, 3.8) is 0 Å². The number of carbonyl (C=O) groups excluding carboxylic acids is 1. The highest BCUT2D eigenvalue weighted by atomic mass is 16.1. The van der Waals surface area contributed by atoms with Gasteiger partial charge in [-0.15, -0.1) is 0 Å². The Hall–Kier alpha value is -2.62. The summed E-state index contributed by atoms with van der Waals surface area (Å²) in [6.07, 6.45) is 10.7. The van der Waals surface area contributed by atoms with Crippen molar-refractivity contribution in [2.45, 2.75) is 19.3 Å². The zero-order valence-electron chi connectivity index (χ0n) is 12.6. The van der Waals surface area contributed by atoms with Crippen LogP contribution in [-0.2, 0) is 11.8 Å². The number of hydrogen-bond acceptors (Lipinski definition) is 2. The van der Waals surface area contributed by atoms with Crippen LogP contribution in [0, 0.1) is 0 Å². The summed E-state index contributed by atoms with van der Waals surface area (Å²) < 4.78 is 1.77. The molecule has 4 nitrogen and oxygen atoms in total. The largest absolute Gasteiger partial charge is 0.326 e. The molecule has 1 aliphatic rings. The number of carbonyl (C=O) groups is 1. The quantitative estimate of drug-likeness (QED) is 0.934. The van der Waals surface area contributed by atoms with Crippen LogP contribution in [-0.4, -0.2) is 15.7 Å². The molecule has 1 heterocycles. The summed E-state index contributed by atoms with van der Waals surface area (Å²) in [5.74, 6) is 0.0170. The summed E-state index contributed by atoms with van der Waals surface area (Å²) in [5.41, 5.74) is 3.87. The van der Waals surface area contributed by atoms with E-state index in [1.54, 1.807) is 4.68 Å². The summed E-state index contributed by atoms with van der Waals surface area (Å²) >= 11 is 0. The molecule has 0 unspecified atom stereocenters. The molecule has 1 aromatic carbocycles. The maximum atomic E-state index is 12.0. The summed E-state index contributed by atoms with van der Waals surface area (Å²) in [6, 6.07) is 9.73. The Balaban J connectivity index is 1.62. The average Bonchev–Trinajstić information content (AvgIpc) is 2.95. The van der Waals surface area contributed by atoms with Gasteiger partial charge in [-0.1, -0.05) is 30.4 Å². The molecule has 0 bridgehead atoms. The number of hydrogen-bond donors (Lipinski definition) is 1. The lowest BCUT2D eigenvalue weighted by molar-refractivity contribution is -0.115. The van der Waals surface area contributed by atoms with Crippen molar-refractivity contribution in [2.24, 2.45) is 7.05 Å². The van der Waals surface area contributed by atoms with E-state index in [4.69, 9.17) is 0 Å². The number of nitrogens with zero attached hydrogens (tertiary/aromatic N) is 2. The van der Waals surface area contributed by atoms with Crippen molar-refractivity contribution in [3.05, 3.63) is 60.3 Å². The molecule has 0 fully saturated rings. The van der Waals surface area contributed by atoms with Crippen molar-refractivity contribution in [3.8, 4) is 11.3 Å². The molecule has 0 saturated heterocycles. The van der Waals surface area contributed by atoms with Gasteiger partial charge in [0.15, 0.2) is 0 Å². The van der Waals surface area contributed by atoms with Gasteiger partial charge >= 0.3 is 0 Å². The average molecular weight is 293 g/mol. The van der Waals surface area contributed by atoms with Crippen molar-refractivity contribution < 1.29 is 4.79 Å². The molecule has 0 aliphatic heterocycles. The first-order valence-corrected chi connectivity index (χ1v) is 7.46. The third-order valence-corrected chi connectivity index (χ3v) is 3.61. The monoisotopic (exact) mass is 293 g/mol. The number of aromatic nitrogens is 2. The van der Waals surface area contributed by atoms with E-state index in [1.165, 1.54) is 0 Å². The van der Waals surface area contributed by atoms with Crippen LogP contribution in [0.15, 0.2) is 60.3 Å². The van der Waals surface area contributed by atoms with Gasteiger partial charge in [0.2, 0.25) is 5.91 Å². The van der Waals surface area contributed by atoms with E-state index in [0.717, 1.165) is 35.4 Å². The minimum atomic E-state index is 0.0170. The zero-order valence-corrected chi connectivity index (χ0v) is 12.6. The normalized spacial score (nSPS) is 13.8. The minimum Gasteiger partial charge on any atom is -0.326 e. The van der Waals surface area contributed by atoms with Crippen LogP contribution in [0.5, 0.6) is 0 Å². The van der Waals surface area contributed by atoms with Gasteiger partial charge in [-0.2, -0.15) is 5.10 Å². The minimum absolute atomic E-state index is 0.0170. The van der Waals surface area contributed by atoms with Crippen LogP contribution in [0.3, 0.4) is 0 Å². The first kappa shape index (κ1) is 14.3. The van der Waals surface area contributed by atoms with Crippen molar-refractivity contribution >= 4 is 11.6 Å². The number of rotatable bonds is 4. The fourth-order valence-electron chi connectivity index (χ4n) is 2.48. The molecule has 1 aliphatic carbocycles. The van der Waals surface area contributed by atoms with E-state index in [1.807, 2.05) is 49.7 Å². The second-order valence-electron chi connectivity index (χ2n) is 5.44. The van der Waals surface area contributed by atoms with Gasteiger partial charge in [0.1, 0.15) is 0 Å². The van der Waals surface area contributed by atoms with Gasteiger partial charge in [-0.05, 0) is 36.6 Å². The Morgan fingerprint density at radius 1 is 1.23 bits per heavy atom. The van der Waals surface area contributed by atoms with E-state index in [0.29, 0.717) is 6.42 Å². The van der Waals surface area contributed by atoms with E-state index in [2.05, 4.69) is 22.6 Å². The second kappa shape index (κ2) is 6.43. The number of benzene rings is 1. The molecule has 1 amide bonds. The predicted molar refractivity (Wildman–Crippen MR) is 88.3 cm³/mol. The molecule has 0 spiro atoms. The summed E-state index contributed by atoms with van der Waals surface area (Å²) in [7, 11) is 1.90. The van der Waals surface area contributed by atoms with Gasteiger partial charge in [0.05, 0.1) is 12.1 Å². The second-order valence-corrected chi connectivity index (χ2v) is 5.44. The lowest BCUT2D eigenvalue weighted by Gasteiger charge is -2.08. The van der Waals surface area contributed by atoms with Gasteiger partial charge < -0.3 is 5.32 Å². The van der Waals surface area contributed by atoms with E-state index in [-0.39, 0.29) is 5.91 Å². The maximum absolute atomic E-state index is 12.0. The fourth-order valence-corrected chi connectivity index (χ4v) is 2.48. The SMILES string of the molecule is Cn1ccc(-c2ccc(NC(=O)CC3=CCCC=C3)cc2)n1. The fraction of sp³-hybridized carbons (Fsp3) is 0.222. The zero-order chi connectivity index (χ0) is 15.4. The lowest BCUT2D eigenvalue weighted by atomic mass is 10.0. The number of anilines is 1. The topological polar surface area (TPSA) is 46.9 Å². The Bertz CT molecular complexity index is 723. The summed E-state index contributed by atoms with van der Waals surface area (Å²) in [6.45, 7) is 0. The molecule has 4 heteroatoms. The number of nitrogens with one attached hydrogen (secondary N) is 1. The lowest BCUT2D eigenvalue weighted by Crippen LogP contribution is -2.12. The van der Waals surface area contributed by atoms with Crippen LogP contribution in [0.4, 0.5) is 5.69 Å². The first-order chi connectivity index (χ1) is 10.7. The van der Waals surface area contributed by atoms with E-state index >= 15 is 0 Å². The van der Waals surface area contributed by atoms with Crippen LogP contribution in [0.2, 0.25) is 0 Å². The van der Waals surface area contributed by atoms with Crippen LogP contribution >= 0.6 is 0 Å². The highest BCUT2D eigenvalue weighted by Crippen LogP contribution is 2.20. The highest BCUT2D eigenvalue weighted by molar-refractivity contribution is 5.92. The van der Waals surface area contributed by atoms with Gasteiger partial charge in [0.25, 0.3) is 0 Å². The number of amides is 1. The van der Waals surface area contributed by atoms with Crippen LogP contribution < -0.4 is 5.32 Å². The Morgan fingerprint density at radius 3 is 2.68 bits per heavy atom. The third kappa shape index (κ3) is 3.52. The molecule has 1 N–H and O–H groups in total. The number of allylic oxidation sites excluding steroid dienone is 3. The molecule has 112 valence electrons. The smallest absolute Gasteiger partial charge is 0.228 e. The van der Waals surface area contributed by atoms with Crippen LogP contribution in [0.25, 0.3) is 11.3 Å². The Morgan fingerprint density at radius 2 is 2.05 bits per heavy atom. The van der Waals surface area contributed by atoms with Crippen molar-refractivity contribution in [2.75, 3.05) is 5.32 Å². The molecule has 3 rings (SSSR count). The van der Waals surface area contributed by atoms with E-state index < -0.39 is 0 Å². The predicted octanol–water partition coefficient (Wildman–Crippen LogP) is 3.69. The molecule has 2 aromatic rings. The maximum Gasteiger partial charge on any atom is 0.228 e. The molecular weight excluding hydrogens is 274 g/mol. The van der Waals surface area contributed by atoms with Gasteiger partial charge in [0, 0.05) is 24.5 Å². The standard InChI is InChI=1S/C18H19N3O/c1-21-12-11-17(20-21)15-7-9-16(10-8-15)19-18(22)13-14-5-3-2-4-6-14/h3,5-12H,2,4,13H2,1H3,(H,19,22). The van der Waals surface area contributed by atoms with Crippen molar-refractivity contribution in [1.82, 2.24) is 9.78 Å². The summed E-state index contributed by atoms with van der Waals surface area (Å²) in [5, 5.41) is 7.30. The molecule has 0 radical (unpaired) electrons. The van der Waals surface area contributed by atoms with Crippen LogP contribution in [0.1, 0.15) is 19.3 Å². The number of aryl methyl sites for hydroxylation is 1. The Labute approximate surface area is 130 Å². The van der Waals surface area contributed by atoms with Gasteiger partial charge in [-0.25, -0.2) is 0 Å². The van der Waals surface area contributed by atoms with Crippen molar-refractivity contribution in [1.29, 1.82) is 0 Å². The third-order valence-electron chi connectivity index (χ3n) is 3.61. The Kier molecular flexibility index (Phi) is 4.19. The molecule has 1 aromatic heterocycles. The van der Waals surface area contributed by atoms with E-state index in [9.17, 15) is 4.79 Å². The summed E-state index contributed by atoms with van der Waals surface area (Å²) in [4.78, 5) is 12.0.